The van der Waals surface area contributed by atoms with Gasteiger partial charge in [0.1, 0.15) is 0 Å². The molecule has 6 nitrogen and oxygen atoms in total. The summed E-state index contributed by atoms with van der Waals surface area (Å²) in [5.74, 6) is -0.502. The zero-order chi connectivity index (χ0) is 14.7. The van der Waals surface area contributed by atoms with Crippen molar-refractivity contribution in [2.75, 3.05) is 31.7 Å². The van der Waals surface area contributed by atoms with Crippen molar-refractivity contribution in [3.63, 3.8) is 0 Å². The third kappa shape index (κ3) is 2.82. The number of hydrogen-bond donors (Lipinski definition) is 1. The molecule has 0 aliphatic carbocycles. The highest BCUT2D eigenvalue weighted by Gasteiger charge is 2.25. The lowest BCUT2D eigenvalue weighted by Crippen LogP contribution is -2.37. The molecular weight excluding hydrogens is 267 g/mol. The molecule has 0 amide bonds. The van der Waals surface area contributed by atoms with Crippen molar-refractivity contribution >= 4 is 11.4 Å². The Bertz CT molecular complexity index is 509. The van der Waals surface area contributed by atoms with Crippen LogP contribution in [0.15, 0.2) is 12.1 Å². The molecule has 0 saturated carbocycles. The quantitative estimate of drug-likeness (QED) is 0.675. The van der Waals surface area contributed by atoms with Gasteiger partial charge in [-0.2, -0.15) is 0 Å². The maximum absolute atomic E-state index is 14.1. The monoisotopic (exact) mass is 284 g/mol. The van der Waals surface area contributed by atoms with E-state index in [2.05, 4.69) is 0 Å². The molecular formula is C13H17FN2O4. The summed E-state index contributed by atoms with van der Waals surface area (Å²) in [4.78, 5) is 12.0. The number of halogens is 1. The van der Waals surface area contributed by atoms with Crippen LogP contribution in [0.25, 0.3) is 0 Å². The number of nitro benzene ring substituents is 1. The Morgan fingerprint density at radius 3 is 2.95 bits per heavy atom. The first-order valence-corrected chi connectivity index (χ1v) is 6.44. The van der Waals surface area contributed by atoms with E-state index >= 15 is 0 Å². The zero-order valence-corrected chi connectivity index (χ0v) is 11.2. The molecule has 7 heteroatoms. The van der Waals surface area contributed by atoms with Crippen LogP contribution in [0, 0.1) is 21.8 Å². The molecule has 0 radical (unpaired) electrons. The molecule has 0 bridgehead atoms. The van der Waals surface area contributed by atoms with Crippen molar-refractivity contribution in [2.45, 2.75) is 12.8 Å². The molecule has 1 saturated heterocycles. The molecule has 1 unspecified atom stereocenters. The van der Waals surface area contributed by atoms with Crippen LogP contribution in [0.1, 0.15) is 12.8 Å². The largest absolute Gasteiger partial charge is 0.490 e. The van der Waals surface area contributed by atoms with Gasteiger partial charge in [-0.3, -0.25) is 10.1 Å². The summed E-state index contributed by atoms with van der Waals surface area (Å²) in [6.45, 7) is 1.25. The number of ether oxygens (including phenoxy) is 1. The van der Waals surface area contributed by atoms with Crippen LogP contribution in [0.5, 0.6) is 5.75 Å². The second kappa shape index (κ2) is 6.04. The van der Waals surface area contributed by atoms with Crippen molar-refractivity contribution in [1.29, 1.82) is 0 Å². The molecule has 0 spiro atoms. The normalized spacial score (nSPS) is 18.9. The maximum atomic E-state index is 14.1. The highest BCUT2D eigenvalue weighted by molar-refractivity contribution is 5.60. The number of benzene rings is 1. The Balaban J connectivity index is 2.34. The van der Waals surface area contributed by atoms with Gasteiger partial charge in [-0.1, -0.05) is 0 Å². The summed E-state index contributed by atoms with van der Waals surface area (Å²) in [5.41, 5.74) is -0.102. The van der Waals surface area contributed by atoms with Gasteiger partial charge in [-0.15, -0.1) is 0 Å². The molecule has 1 atom stereocenters. The fourth-order valence-electron chi connectivity index (χ4n) is 2.51. The van der Waals surface area contributed by atoms with Crippen molar-refractivity contribution in [2.24, 2.45) is 5.92 Å². The maximum Gasteiger partial charge on any atom is 0.313 e. The second-order valence-electron chi connectivity index (χ2n) is 4.87. The van der Waals surface area contributed by atoms with E-state index in [1.165, 1.54) is 13.2 Å². The Morgan fingerprint density at radius 1 is 1.60 bits per heavy atom. The topological polar surface area (TPSA) is 75.8 Å². The van der Waals surface area contributed by atoms with Gasteiger partial charge in [0.15, 0.2) is 11.6 Å². The fourth-order valence-corrected chi connectivity index (χ4v) is 2.51. The molecule has 0 aromatic heterocycles. The number of nitro groups is 1. The highest BCUT2D eigenvalue weighted by atomic mass is 19.1. The van der Waals surface area contributed by atoms with E-state index < -0.39 is 10.7 Å². The van der Waals surface area contributed by atoms with Crippen LogP contribution < -0.4 is 9.64 Å². The number of methoxy groups -OCH3 is 1. The second-order valence-corrected chi connectivity index (χ2v) is 4.87. The standard InChI is InChI=1S/C13H17FN2O4/c1-20-13-6-11(10(14)5-12(13)16(18)19)15-4-2-3-9(7-15)8-17/h5-6,9,17H,2-4,7-8H2,1H3. The summed E-state index contributed by atoms with van der Waals surface area (Å²) >= 11 is 0. The Kier molecular flexibility index (Phi) is 4.39. The molecule has 1 aliphatic heterocycles. The lowest BCUT2D eigenvalue weighted by Gasteiger charge is -2.33. The SMILES string of the molecule is COc1cc(N2CCCC(CO)C2)c(F)cc1[N+](=O)[O-]. The van der Waals surface area contributed by atoms with E-state index in [0.29, 0.717) is 13.1 Å². The Morgan fingerprint density at radius 2 is 2.35 bits per heavy atom. The molecule has 110 valence electrons. The Labute approximate surface area is 115 Å². The summed E-state index contributed by atoms with van der Waals surface area (Å²) < 4.78 is 19.0. The van der Waals surface area contributed by atoms with Crippen LogP contribution in [0.2, 0.25) is 0 Å². The zero-order valence-electron chi connectivity index (χ0n) is 11.2. The third-order valence-electron chi connectivity index (χ3n) is 3.56. The third-order valence-corrected chi connectivity index (χ3v) is 3.56. The van der Waals surface area contributed by atoms with Gasteiger partial charge < -0.3 is 14.7 Å². The van der Waals surface area contributed by atoms with Crippen molar-refractivity contribution in [3.05, 3.63) is 28.1 Å². The number of nitrogens with zero attached hydrogens (tertiary/aromatic N) is 2. The number of anilines is 1. The first-order valence-electron chi connectivity index (χ1n) is 6.44. The molecule has 2 rings (SSSR count). The molecule has 20 heavy (non-hydrogen) atoms. The first-order chi connectivity index (χ1) is 9.56. The van der Waals surface area contributed by atoms with Crippen molar-refractivity contribution < 1.29 is 19.2 Å². The predicted molar refractivity (Wildman–Crippen MR) is 71.6 cm³/mol. The Hall–Kier alpha value is -1.89. The first kappa shape index (κ1) is 14.5. The predicted octanol–water partition coefficient (Wildman–Crippen LogP) is 1.95. The van der Waals surface area contributed by atoms with Crippen molar-refractivity contribution in [1.82, 2.24) is 0 Å². The van der Waals surface area contributed by atoms with Gasteiger partial charge >= 0.3 is 5.69 Å². The summed E-state index contributed by atoms with van der Waals surface area (Å²) in [5, 5.41) is 20.0. The highest BCUT2D eigenvalue weighted by Crippen LogP contribution is 2.35. The smallest absolute Gasteiger partial charge is 0.313 e. The minimum atomic E-state index is -0.668. The van der Waals surface area contributed by atoms with Gasteiger partial charge in [0.2, 0.25) is 0 Å². The lowest BCUT2D eigenvalue weighted by molar-refractivity contribution is -0.385. The molecule has 1 heterocycles. The summed E-state index contributed by atoms with van der Waals surface area (Å²) in [6, 6.07) is 2.24. The molecule has 1 fully saturated rings. The van der Waals surface area contributed by atoms with Gasteiger partial charge in [0, 0.05) is 25.8 Å². The van der Waals surface area contributed by atoms with E-state index in [4.69, 9.17) is 4.74 Å². The van der Waals surface area contributed by atoms with Crippen LogP contribution in [0.3, 0.4) is 0 Å². The average Bonchev–Trinajstić information content (AvgIpc) is 2.46. The van der Waals surface area contributed by atoms with Crippen molar-refractivity contribution in [3.8, 4) is 5.75 Å². The fraction of sp³-hybridized carbons (Fsp3) is 0.538. The summed E-state index contributed by atoms with van der Waals surface area (Å²) in [6.07, 6.45) is 1.75. The van der Waals surface area contributed by atoms with Gasteiger partial charge in [0.05, 0.1) is 23.8 Å². The van der Waals surface area contributed by atoms with Gasteiger partial charge in [0.25, 0.3) is 0 Å². The summed E-state index contributed by atoms with van der Waals surface area (Å²) in [7, 11) is 1.32. The average molecular weight is 284 g/mol. The number of aliphatic hydroxyl groups excluding tert-OH is 1. The molecule has 1 aliphatic rings. The van der Waals surface area contributed by atoms with Gasteiger partial charge in [-0.05, 0) is 18.8 Å². The molecule has 1 aromatic rings. The minimum absolute atomic E-state index is 0.0394. The van der Waals surface area contributed by atoms with Crippen LogP contribution >= 0.6 is 0 Å². The van der Waals surface area contributed by atoms with Gasteiger partial charge in [-0.25, -0.2) is 4.39 Å². The lowest BCUT2D eigenvalue weighted by atomic mass is 9.98. The number of hydrogen-bond acceptors (Lipinski definition) is 5. The van der Waals surface area contributed by atoms with E-state index in [0.717, 1.165) is 18.9 Å². The van der Waals surface area contributed by atoms with E-state index in [9.17, 15) is 19.6 Å². The number of piperidine rings is 1. The van der Waals surface area contributed by atoms with E-state index in [-0.39, 0.29) is 29.6 Å². The van der Waals surface area contributed by atoms with Crippen LogP contribution in [-0.2, 0) is 0 Å². The van der Waals surface area contributed by atoms with E-state index in [1.807, 2.05) is 0 Å². The number of rotatable bonds is 4. The van der Waals surface area contributed by atoms with Crippen LogP contribution in [0.4, 0.5) is 15.8 Å². The van der Waals surface area contributed by atoms with Crippen LogP contribution in [-0.4, -0.2) is 36.8 Å². The van der Waals surface area contributed by atoms with E-state index in [1.54, 1.807) is 4.90 Å². The molecule has 1 aromatic carbocycles. The minimum Gasteiger partial charge on any atom is -0.490 e. The molecule has 1 N–H and O–H groups in total. The number of aliphatic hydroxyl groups is 1.